The Morgan fingerprint density at radius 2 is 1.76 bits per heavy atom. The lowest BCUT2D eigenvalue weighted by molar-refractivity contribution is 0.0863. The van der Waals surface area contributed by atoms with Crippen LogP contribution in [0, 0.1) is 0 Å². The number of likely N-dealkylation sites (tertiary alicyclic amines) is 1. The zero-order valence-electron chi connectivity index (χ0n) is 13.1. The molecule has 1 heterocycles. The van der Waals surface area contributed by atoms with Crippen LogP contribution >= 0.6 is 0 Å². The Morgan fingerprint density at radius 3 is 2.38 bits per heavy atom. The van der Waals surface area contributed by atoms with E-state index in [1.807, 2.05) is 0 Å². The fourth-order valence-corrected chi connectivity index (χ4v) is 2.74. The normalized spacial score (nSPS) is 17.2. The van der Waals surface area contributed by atoms with Gasteiger partial charge in [-0.25, -0.2) is 0 Å². The van der Waals surface area contributed by atoms with Crippen LogP contribution in [-0.2, 0) is 11.3 Å². The van der Waals surface area contributed by atoms with E-state index in [0.29, 0.717) is 5.92 Å². The van der Waals surface area contributed by atoms with Crippen LogP contribution in [0.1, 0.15) is 64.0 Å². The van der Waals surface area contributed by atoms with Crippen LogP contribution in [-0.4, -0.2) is 31.1 Å². The second-order valence-electron chi connectivity index (χ2n) is 6.01. The summed E-state index contributed by atoms with van der Waals surface area (Å²) in [6, 6.07) is 8.92. The molecule has 120 valence electrons. The molecule has 2 rings (SSSR count). The third-order valence-electron chi connectivity index (χ3n) is 4.43. The van der Waals surface area contributed by atoms with E-state index in [1.54, 1.807) is 0 Å². The molecule has 1 unspecified atom stereocenters. The van der Waals surface area contributed by atoms with E-state index in [1.165, 1.54) is 49.9 Å². The van der Waals surface area contributed by atoms with E-state index >= 15 is 0 Å². The molecule has 0 amide bonds. The predicted octanol–water partition coefficient (Wildman–Crippen LogP) is 4.84. The molecule has 1 saturated heterocycles. The number of benzene rings is 1. The van der Waals surface area contributed by atoms with Crippen molar-refractivity contribution in [3.63, 3.8) is 0 Å². The molecule has 1 aromatic rings. The van der Waals surface area contributed by atoms with Crippen LogP contribution in [0.25, 0.3) is 0 Å². The maximum atomic E-state index is 5.81. The number of hydrogen-bond acceptors (Lipinski definition) is 2. The molecule has 2 nitrogen and oxygen atoms in total. The third-order valence-corrected chi connectivity index (χ3v) is 4.43. The van der Waals surface area contributed by atoms with Crippen molar-refractivity contribution in [3.05, 3.63) is 35.4 Å². The average molecular weight is 291 g/mol. The molecule has 0 radical (unpaired) electrons. The first-order valence-electron chi connectivity index (χ1n) is 8.18. The number of rotatable bonds is 7. The highest BCUT2D eigenvalue weighted by Gasteiger charge is 2.09. The largest absolute Gasteiger partial charge is 0.375 e. The summed E-state index contributed by atoms with van der Waals surface area (Å²) in [6.07, 6.45) is 5.32. The number of hydrogen-bond donors (Lipinski definition) is 0. The van der Waals surface area contributed by atoms with E-state index in [-0.39, 0.29) is 7.43 Å². The van der Waals surface area contributed by atoms with Crippen molar-refractivity contribution in [2.24, 2.45) is 0 Å². The third kappa shape index (κ3) is 6.19. The second kappa shape index (κ2) is 9.97. The molecule has 21 heavy (non-hydrogen) atoms. The molecule has 0 saturated carbocycles. The minimum Gasteiger partial charge on any atom is -0.375 e. The van der Waals surface area contributed by atoms with Crippen molar-refractivity contribution in [1.82, 2.24) is 4.90 Å². The highest BCUT2D eigenvalue weighted by molar-refractivity contribution is 5.24. The van der Waals surface area contributed by atoms with Gasteiger partial charge >= 0.3 is 0 Å². The Labute approximate surface area is 131 Å². The molecular formula is C19H33NO. The fourth-order valence-electron chi connectivity index (χ4n) is 2.74. The topological polar surface area (TPSA) is 12.5 Å². The summed E-state index contributed by atoms with van der Waals surface area (Å²) in [5, 5.41) is 0. The minimum atomic E-state index is 0. The summed E-state index contributed by atoms with van der Waals surface area (Å²) in [4.78, 5) is 2.52. The molecule has 0 aromatic heterocycles. The van der Waals surface area contributed by atoms with Crippen LogP contribution in [0.4, 0.5) is 0 Å². The molecule has 1 fully saturated rings. The van der Waals surface area contributed by atoms with Crippen molar-refractivity contribution in [3.8, 4) is 0 Å². The molecule has 0 spiro atoms. The predicted molar refractivity (Wildman–Crippen MR) is 91.8 cm³/mol. The summed E-state index contributed by atoms with van der Waals surface area (Å²) < 4.78 is 5.81. The van der Waals surface area contributed by atoms with Crippen LogP contribution in [0.3, 0.4) is 0 Å². The molecule has 1 aliphatic heterocycles. The average Bonchev–Trinajstić information content (AvgIpc) is 2.52. The van der Waals surface area contributed by atoms with Crippen molar-refractivity contribution in [2.75, 3.05) is 26.2 Å². The van der Waals surface area contributed by atoms with Gasteiger partial charge in [0.1, 0.15) is 0 Å². The van der Waals surface area contributed by atoms with Gasteiger partial charge in [-0.1, -0.05) is 52.0 Å². The van der Waals surface area contributed by atoms with Gasteiger partial charge in [0.25, 0.3) is 0 Å². The Bertz CT molecular complexity index is 368. The van der Waals surface area contributed by atoms with Gasteiger partial charge in [0.05, 0.1) is 13.2 Å². The van der Waals surface area contributed by atoms with Gasteiger partial charge < -0.3 is 9.64 Å². The second-order valence-corrected chi connectivity index (χ2v) is 6.01. The maximum Gasteiger partial charge on any atom is 0.0717 e. The summed E-state index contributed by atoms with van der Waals surface area (Å²) in [7, 11) is 0. The van der Waals surface area contributed by atoms with Crippen LogP contribution in [0.2, 0.25) is 0 Å². The van der Waals surface area contributed by atoms with E-state index in [9.17, 15) is 0 Å². The van der Waals surface area contributed by atoms with Crippen LogP contribution in [0.15, 0.2) is 24.3 Å². The highest BCUT2D eigenvalue weighted by atomic mass is 16.5. The summed E-state index contributed by atoms with van der Waals surface area (Å²) in [5.74, 6) is 0.657. The fraction of sp³-hybridized carbons (Fsp3) is 0.684. The monoisotopic (exact) mass is 291 g/mol. The Balaban J connectivity index is 0.00000220. The summed E-state index contributed by atoms with van der Waals surface area (Å²) in [6.45, 7) is 9.72. The lowest BCUT2D eigenvalue weighted by Gasteiger charge is -2.26. The first kappa shape index (κ1) is 18.2. The summed E-state index contributed by atoms with van der Waals surface area (Å²) >= 11 is 0. The van der Waals surface area contributed by atoms with E-state index in [0.717, 1.165) is 19.8 Å². The standard InChI is InChI=1S/C18H29NO.CH4/c1-3-16(2)18-9-7-17(8-10-18)15-20-14-13-19-11-5-4-6-12-19;/h7-10,16H,3-6,11-15H2,1-2H3;1H4. The molecule has 0 bridgehead atoms. The number of piperidine rings is 1. The SMILES string of the molecule is C.CCC(C)c1ccc(COCCN2CCCCC2)cc1. The van der Waals surface area contributed by atoms with E-state index in [2.05, 4.69) is 43.0 Å². The number of ether oxygens (including phenoxy) is 1. The van der Waals surface area contributed by atoms with Gasteiger partial charge in [0.2, 0.25) is 0 Å². The Morgan fingerprint density at radius 1 is 1.10 bits per heavy atom. The first-order valence-corrected chi connectivity index (χ1v) is 8.18. The van der Waals surface area contributed by atoms with Gasteiger partial charge in [-0.3, -0.25) is 0 Å². The van der Waals surface area contributed by atoms with Gasteiger partial charge in [0, 0.05) is 6.54 Å². The summed E-state index contributed by atoms with van der Waals surface area (Å²) in [5.41, 5.74) is 2.72. The Hall–Kier alpha value is -0.860. The van der Waals surface area contributed by atoms with Crippen molar-refractivity contribution >= 4 is 0 Å². The molecule has 1 atom stereocenters. The molecule has 1 aromatic carbocycles. The lowest BCUT2D eigenvalue weighted by Crippen LogP contribution is -2.32. The van der Waals surface area contributed by atoms with Gasteiger partial charge in [-0.15, -0.1) is 0 Å². The molecule has 1 aliphatic rings. The van der Waals surface area contributed by atoms with E-state index < -0.39 is 0 Å². The van der Waals surface area contributed by atoms with Crippen molar-refractivity contribution in [1.29, 1.82) is 0 Å². The molecule has 0 N–H and O–H groups in total. The smallest absolute Gasteiger partial charge is 0.0717 e. The molecule has 2 heteroatoms. The first-order chi connectivity index (χ1) is 9.79. The zero-order valence-corrected chi connectivity index (χ0v) is 13.1. The highest BCUT2D eigenvalue weighted by Crippen LogP contribution is 2.19. The van der Waals surface area contributed by atoms with Crippen molar-refractivity contribution in [2.45, 2.75) is 59.5 Å². The zero-order chi connectivity index (χ0) is 14.2. The lowest BCUT2D eigenvalue weighted by atomic mass is 9.98. The van der Waals surface area contributed by atoms with E-state index in [4.69, 9.17) is 4.74 Å². The van der Waals surface area contributed by atoms with Gasteiger partial charge in [0.15, 0.2) is 0 Å². The van der Waals surface area contributed by atoms with Crippen LogP contribution in [0.5, 0.6) is 0 Å². The maximum absolute atomic E-state index is 5.81. The molecule has 0 aliphatic carbocycles. The van der Waals surface area contributed by atoms with Crippen molar-refractivity contribution < 1.29 is 4.74 Å². The number of nitrogens with zero attached hydrogens (tertiary/aromatic N) is 1. The Kier molecular flexibility index (Phi) is 8.63. The van der Waals surface area contributed by atoms with Gasteiger partial charge in [-0.2, -0.15) is 0 Å². The quantitative estimate of drug-likeness (QED) is 0.667. The van der Waals surface area contributed by atoms with Gasteiger partial charge in [-0.05, 0) is 49.4 Å². The minimum absolute atomic E-state index is 0. The molecular weight excluding hydrogens is 258 g/mol. The van der Waals surface area contributed by atoms with Crippen LogP contribution < -0.4 is 0 Å².